The number of hydrogen-bond acceptors (Lipinski definition) is 3. The van der Waals surface area contributed by atoms with Crippen molar-refractivity contribution in [1.82, 2.24) is 0 Å². The van der Waals surface area contributed by atoms with Gasteiger partial charge in [0.05, 0.1) is 4.88 Å². The average molecular weight is 329 g/mol. The predicted octanol–water partition coefficient (Wildman–Crippen LogP) is 4.90. The van der Waals surface area contributed by atoms with E-state index in [1.807, 2.05) is 41.8 Å². The number of rotatable bonds is 3. The lowest BCUT2D eigenvalue weighted by atomic mass is 10.1. The molecule has 0 fully saturated rings. The molecule has 0 unspecified atom stereocenters. The van der Waals surface area contributed by atoms with Crippen molar-refractivity contribution in [2.75, 3.05) is 11.1 Å². The fraction of sp³-hybridized carbons (Fsp3) is 0. The number of nitrogens with two attached hydrogens (primary N) is 1. The third-order valence-electron chi connectivity index (χ3n) is 3.11. The largest absolute Gasteiger partial charge is 0.399 e. The van der Waals surface area contributed by atoms with Gasteiger partial charge in [0.1, 0.15) is 0 Å². The van der Waals surface area contributed by atoms with E-state index in [1.165, 1.54) is 11.3 Å². The van der Waals surface area contributed by atoms with Crippen LogP contribution in [0.2, 0.25) is 5.02 Å². The Morgan fingerprint density at radius 3 is 2.55 bits per heavy atom. The Bertz CT molecular complexity index is 794. The summed E-state index contributed by atoms with van der Waals surface area (Å²) in [5.74, 6) is -0.172. The summed E-state index contributed by atoms with van der Waals surface area (Å²) in [6.07, 6.45) is 0. The van der Waals surface area contributed by atoms with E-state index in [9.17, 15) is 4.79 Å². The van der Waals surface area contributed by atoms with Gasteiger partial charge >= 0.3 is 0 Å². The second-order valence-electron chi connectivity index (χ2n) is 4.79. The number of anilines is 2. The van der Waals surface area contributed by atoms with Crippen LogP contribution in [0, 0.1) is 0 Å². The number of carbonyl (C=O) groups is 1. The van der Waals surface area contributed by atoms with Gasteiger partial charge in [-0.15, -0.1) is 11.3 Å². The van der Waals surface area contributed by atoms with Gasteiger partial charge in [-0.2, -0.15) is 0 Å². The van der Waals surface area contributed by atoms with Crippen molar-refractivity contribution in [2.45, 2.75) is 0 Å². The molecule has 3 aromatic rings. The van der Waals surface area contributed by atoms with Crippen LogP contribution >= 0.6 is 22.9 Å². The smallest absolute Gasteiger partial charge is 0.265 e. The quantitative estimate of drug-likeness (QED) is 0.672. The molecule has 0 aliphatic carbocycles. The highest BCUT2D eigenvalue weighted by Crippen LogP contribution is 2.27. The summed E-state index contributed by atoms with van der Waals surface area (Å²) in [7, 11) is 0. The molecular weight excluding hydrogens is 316 g/mol. The van der Waals surface area contributed by atoms with E-state index < -0.39 is 0 Å². The molecule has 3 rings (SSSR count). The number of hydrogen-bond donors (Lipinski definition) is 2. The summed E-state index contributed by atoms with van der Waals surface area (Å²) in [5.41, 5.74) is 8.94. The zero-order valence-electron chi connectivity index (χ0n) is 11.5. The minimum absolute atomic E-state index is 0.172. The molecule has 0 bridgehead atoms. The van der Waals surface area contributed by atoms with Gasteiger partial charge in [0, 0.05) is 16.4 Å². The SMILES string of the molecule is Nc1cc(Cl)cc(NC(=O)c2cc(-c3ccccc3)cs2)c1. The molecule has 0 radical (unpaired) electrons. The predicted molar refractivity (Wildman–Crippen MR) is 93.6 cm³/mol. The number of halogens is 1. The highest BCUT2D eigenvalue weighted by molar-refractivity contribution is 7.12. The molecule has 3 N–H and O–H groups in total. The summed E-state index contributed by atoms with van der Waals surface area (Å²) < 4.78 is 0. The van der Waals surface area contributed by atoms with E-state index in [1.54, 1.807) is 18.2 Å². The maximum Gasteiger partial charge on any atom is 0.265 e. The molecule has 2 aromatic carbocycles. The highest BCUT2D eigenvalue weighted by atomic mass is 35.5. The number of carbonyl (C=O) groups excluding carboxylic acids is 1. The third-order valence-corrected chi connectivity index (χ3v) is 4.26. The Hall–Kier alpha value is -2.30. The van der Waals surface area contributed by atoms with Gasteiger partial charge in [-0.3, -0.25) is 4.79 Å². The Morgan fingerprint density at radius 2 is 1.82 bits per heavy atom. The summed E-state index contributed by atoms with van der Waals surface area (Å²) >= 11 is 7.34. The molecule has 0 saturated heterocycles. The number of thiophene rings is 1. The van der Waals surface area contributed by atoms with E-state index in [0.29, 0.717) is 21.3 Å². The van der Waals surface area contributed by atoms with Crippen LogP contribution < -0.4 is 11.1 Å². The Kier molecular flexibility index (Phi) is 4.13. The van der Waals surface area contributed by atoms with Crippen molar-refractivity contribution < 1.29 is 4.79 Å². The molecule has 1 amide bonds. The van der Waals surface area contributed by atoms with Crippen molar-refractivity contribution in [3.8, 4) is 11.1 Å². The van der Waals surface area contributed by atoms with Gasteiger partial charge in [0.15, 0.2) is 0 Å². The molecule has 0 saturated carbocycles. The molecule has 0 aliphatic rings. The maximum atomic E-state index is 12.3. The molecule has 0 atom stereocenters. The molecule has 22 heavy (non-hydrogen) atoms. The summed E-state index contributed by atoms with van der Waals surface area (Å²) in [4.78, 5) is 12.9. The van der Waals surface area contributed by atoms with Crippen molar-refractivity contribution in [3.05, 3.63) is 69.9 Å². The molecule has 1 heterocycles. The van der Waals surface area contributed by atoms with Gasteiger partial charge in [-0.1, -0.05) is 41.9 Å². The molecule has 0 spiro atoms. The standard InChI is InChI=1S/C17H13ClN2OS/c18-13-7-14(19)9-15(8-13)20-17(21)16-6-12(10-22-16)11-4-2-1-3-5-11/h1-10H,19H2,(H,20,21). The van der Waals surface area contributed by atoms with Crippen molar-refractivity contribution in [1.29, 1.82) is 0 Å². The number of nitrogen functional groups attached to an aromatic ring is 1. The molecule has 1 aromatic heterocycles. The summed E-state index contributed by atoms with van der Waals surface area (Å²) in [5, 5.41) is 5.27. The monoisotopic (exact) mass is 328 g/mol. The van der Waals surface area contributed by atoms with Gasteiger partial charge in [0.2, 0.25) is 0 Å². The van der Waals surface area contributed by atoms with Gasteiger partial charge in [-0.05, 0) is 40.8 Å². The molecule has 110 valence electrons. The van der Waals surface area contributed by atoms with E-state index in [2.05, 4.69) is 5.32 Å². The lowest BCUT2D eigenvalue weighted by Crippen LogP contribution is -2.10. The first-order valence-electron chi connectivity index (χ1n) is 6.63. The fourth-order valence-electron chi connectivity index (χ4n) is 2.11. The topological polar surface area (TPSA) is 55.1 Å². The van der Waals surface area contributed by atoms with Crippen LogP contribution in [-0.2, 0) is 0 Å². The number of amides is 1. The van der Waals surface area contributed by atoms with Gasteiger partial charge < -0.3 is 11.1 Å². The second kappa shape index (κ2) is 6.22. The summed E-state index contributed by atoms with van der Waals surface area (Å²) in [6, 6.07) is 16.8. The van der Waals surface area contributed by atoms with Gasteiger partial charge in [0.25, 0.3) is 5.91 Å². The van der Waals surface area contributed by atoms with Crippen LogP contribution in [0.1, 0.15) is 9.67 Å². The molecular formula is C17H13ClN2OS. The van der Waals surface area contributed by atoms with Crippen LogP contribution in [0.4, 0.5) is 11.4 Å². The first-order valence-corrected chi connectivity index (χ1v) is 7.89. The zero-order chi connectivity index (χ0) is 15.5. The third kappa shape index (κ3) is 3.30. The first-order chi connectivity index (χ1) is 10.6. The van der Waals surface area contributed by atoms with E-state index in [0.717, 1.165) is 11.1 Å². The first kappa shape index (κ1) is 14.6. The number of nitrogens with one attached hydrogen (secondary N) is 1. The highest BCUT2D eigenvalue weighted by Gasteiger charge is 2.11. The van der Waals surface area contributed by atoms with Crippen LogP contribution in [-0.4, -0.2) is 5.91 Å². The van der Waals surface area contributed by atoms with Crippen LogP contribution in [0.5, 0.6) is 0 Å². The lowest BCUT2D eigenvalue weighted by Gasteiger charge is -2.05. The summed E-state index contributed by atoms with van der Waals surface area (Å²) in [6.45, 7) is 0. The van der Waals surface area contributed by atoms with Crippen molar-refractivity contribution in [3.63, 3.8) is 0 Å². The van der Waals surface area contributed by atoms with E-state index >= 15 is 0 Å². The molecule has 5 heteroatoms. The Morgan fingerprint density at radius 1 is 1.05 bits per heavy atom. The van der Waals surface area contributed by atoms with E-state index in [4.69, 9.17) is 17.3 Å². The normalized spacial score (nSPS) is 10.4. The maximum absolute atomic E-state index is 12.3. The molecule has 3 nitrogen and oxygen atoms in total. The van der Waals surface area contributed by atoms with Crippen LogP contribution in [0.25, 0.3) is 11.1 Å². The molecule has 0 aliphatic heterocycles. The lowest BCUT2D eigenvalue weighted by molar-refractivity contribution is 0.103. The fourth-order valence-corrected chi connectivity index (χ4v) is 3.17. The Balaban J connectivity index is 1.80. The van der Waals surface area contributed by atoms with E-state index in [-0.39, 0.29) is 5.91 Å². The van der Waals surface area contributed by atoms with Crippen LogP contribution in [0.3, 0.4) is 0 Å². The van der Waals surface area contributed by atoms with Crippen molar-refractivity contribution >= 4 is 40.2 Å². The average Bonchev–Trinajstić information content (AvgIpc) is 2.97. The zero-order valence-corrected chi connectivity index (χ0v) is 13.1. The van der Waals surface area contributed by atoms with Crippen LogP contribution in [0.15, 0.2) is 60.0 Å². The van der Waals surface area contributed by atoms with Crippen molar-refractivity contribution in [2.24, 2.45) is 0 Å². The Labute approximate surface area is 137 Å². The second-order valence-corrected chi connectivity index (χ2v) is 6.14. The van der Waals surface area contributed by atoms with Gasteiger partial charge in [-0.25, -0.2) is 0 Å². The minimum Gasteiger partial charge on any atom is -0.399 e. The minimum atomic E-state index is -0.172. The number of benzene rings is 2.